The average molecular weight is 442 g/mol. The number of hydrogen-bond donors (Lipinski definition) is 1. The van der Waals surface area contributed by atoms with Gasteiger partial charge in [0.05, 0.1) is 24.1 Å². The first kappa shape index (κ1) is 20.8. The van der Waals surface area contributed by atoms with E-state index in [-0.39, 0.29) is 28.3 Å². The second-order valence-electron chi connectivity index (χ2n) is 8.31. The number of aromatic nitrogens is 1. The molecule has 7 heteroatoms. The molecule has 2 aromatic heterocycles. The highest BCUT2D eigenvalue weighted by atomic mass is 16.5. The molecular formula is C26H22N2O5. The van der Waals surface area contributed by atoms with Gasteiger partial charge in [0.1, 0.15) is 11.4 Å². The number of aromatic hydroxyl groups is 1. The van der Waals surface area contributed by atoms with Crippen LogP contribution in [0.3, 0.4) is 0 Å². The van der Waals surface area contributed by atoms with E-state index < -0.39 is 11.9 Å². The molecular weight excluding hydrogens is 420 g/mol. The minimum atomic E-state index is -0.792. The minimum Gasteiger partial charge on any atom is -0.504 e. The van der Waals surface area contributed by atoms with Crippen molar-refractivity contribution in [2.45, 2.75) is 26.8 Å². The molecule has 0 saturated heterocycles. The zero-order valence-corrected chi connectivity index (χ0v) is 18.7. The molecule has 0 fully saturated rings. The summed E-state index contributed by atoms with van der Waals surface area (Å²) in [6, 6.07) is 11.1. The van der Waals surface area contributed by atoms with Crippen molar-refractivity contribution < 1.29 is 19.1 Å². The molecule has 7 nitrogen and oxygen atoms in total. The number of phenols is 1. The van der Waals surface area contributed by atoms with Crippen LogP contribution < -0.4 is 15.1 Å². The Bertz CT molecular complexity index is 1490. The van der Waals surface area contributed by atoms with Crippen LogP contribution in [0.1, 0.15) is 44.4 Å². The summed E-state index contributed by atoms with van der Waals surface area (Å²) >= 11 is 0. The third kappa shape index (κ3) is 3.16. The molecule has 0 aliphatic carbocycles. The lowest BCUT2D eigenvalue weighted by molar-refractivity contribution is 0.0970. The van der Waals surface area contributed by atoms with Gasteiger partial charge < -0.3 is 14.3 Å². The van der Waals surface area contributed by atoms with Crippen LogP contribution in [0.25, 0.3) is 11.0 Å². The Labute approximate surface area is 189 Å². The van der Waals surface area contributed by atoms with E-state index in [0.717, 1.165) is 16.7 Å². The maximum absolute atomic E-state index is 13.7. The molecule has 166 valence electrons. The van der Waals surface area contributed by atoms with Crippen molar-refractivity contribution in [2.24, 2.45) is 0 Å². The van der Waals surface area contributed by atoms with Gasteiger partial charge >= 0.3 is 0 Å². The van der Waals surface area contributed by atoms with Gasteiger partial charge in [-0.2, -0.15) is 0 Å². The number of ether oxygens (including phenoxy) is 1. The summed E-state index contributed by atoms with van der Waals surface area (Å²) < 4.78 is 11.3. The fraction of sp³-hybridized carbons (Fsp3) is 0.192. The van der Waals surface area contributed by atoms with E-state index in [0.29, 0.717) is 22.4 Å². The lowest BCUT2D eigenvalue weighted by Crippen LogP contribution is -2.30. The fourth-order valence-electron chi connectivity index (χ4n) is 4.25. The monoisotopic (exact) mass is 442 g/mol. The van der Waals surface area contributed by atoms with Gasteiger partial charge in [0.25, 0.3) is 5.91 Å². The predicted molar refractivity (Wildman–Crippen MR) is 124 cm³/mol. The van der Waals surface area contributed by atoms with Crippen LogP contribution in [0.15, 0.2) is 57.9 Å². The minimum absolute atomic E-state index is 0.00447. The highest BCUT2D eigenvalue weighted by molar-refractivity contribution is 6.10. The molecule has 1 amide bonds. The van der Waals surface area contributed by atoms with Gasteiger partial charge in [0.2, 0.25) is 5.76 Å². The Balaban J connectivity index is 1.83. The van der Waals surface area contributed by atoms with Crippen LogP contribution in [0.2, 0.25) is 0 Å². The topological polar surface area (TPSA) is 92.9 Å². The van der Waals surface area contributed by atoms with E-state index in [9.17, 15) is 14.7 Å². The lowest BCUT2D eigenvalue weighted by Gasteiger charge is -2.24. The van der Waals surface area contributed by atoms with Crippen molar-refractivity contribution in [3.8, 4) is 11.5 Å². The molecule has 2 aromatic carbocycles. The first-order chi connectivity index (χ1) is 15.8. The van der Waals surface area contributed by atoms with E-state index in [1.54, 1.807) is 36.5 Å². The molecule has 0 saturated carbocycles. The second-order valence-corrected chi connectivity index (χ2v) is 8.31. The van der Waals surface area contributed by atoms with Gasteiger partial charge in [0, 0.05) is 6.20 Å². The van der Waals surface area contributed by atoms with Crippen molar-refractivity contribution in [2.75, 3.05) is 12.0 Å². The number of methoxy groups -OCH3 is 1. The summed E-state index contributed by atoms with van der Waals surface area (Å²) in [4.78, 5) is 33.2. The molecule has 1 aliphatic heterocycles. The van der Waals surface area contributed by atoms with E-state index >= 15 is 0 Å². The highest BCUT2D eigenvalue weighted by Gasteiger charge is 2.44. The van der Waals surface area contributed by atoms with Gasteiger partial charge in [-0.15, -0.1) is 0 Å². The van der Waals surface area contributed by atoms with Crippen LogP contribution in [-0.2, 0) is 0 Å². The van der Waals surface area contributed by atoms with Crippen LogP contribution in [-0.4, -0.2) is 23.1 Å². The average Bonchev–Trinajstić information content (AvgIpc) is 3.09. The molecule has 4 aromatic rings. The lowest BCUT2D eigenvalue weighted by atomic mass is 9.97. The van der Waals surface area contributed by atoms with Crippen LogP contribution in [0, 0.1) is 20.8 Å². The molecule has 3 heterocycles. The summed E-state index contributed by atoms with van der Waals surface area (Å²) in [7, 11) is 1.44. The first-order valence-electron chi connectivity index (χ1n) is 10.5. The van der Waals surface area contributed by atoms with Crippen LogP contribution >= 0.6 is 0 Å². The Hall–Kier alpha value is -4.13. The number of fused-ring (bicyclic) bond motifs is 2. The second kappa shape index (κ2) is 7.48. The van der Waals surface area contributed by atoms with Crippen LogP contribution in [0.5, 0.6) is 11.5 Å². The number of carbonyl (C=O) groups is 1. The number of carbonyl (C=O) groups excluding carboxylic acids is 1. The normalized spacial score (nSPS) is 15.2. The zero-order valence-electron chi connectivity index (χ0n) is 18.7. The number of rotatable bonds is 3. The van der Waals surface area contributed by atoms with Crippen LogP contribution in [0.4, 0.5) is 5.82 Å². The smallest absolute Gasteiger partial charge is 0.296 e. The predicted octanol–water partition coefficient (Wildman–Crippen LogP) is 4.58. The number of aryl methyl sites for hydroxylation is 3. The van der Waals surface area contributed by atoms with E-state index in [1.807, 2.05) is 26.8 Å². The molecule has 1 aliphatic rings. The summed E-state index contributed by atoms with van der Waals surface area (Å²) in [6.07, 6.45) is 1.67. The summed E-state index contributed by atoms with van der Waals surface area (Å²) in [5.41, 5.74) is 3.80. The van der Waals surface area contributed by atoms with Gasteiger partial charge in [-0.05, 0) is 73.4 Å². The molecule has 1 unspecified atom stereocenters. The maximum Gasteiger partial charge on any atom is 0.296 e. The first-order valence-corrected chi connectivity index (χ1v) is 10.5. The molecule has 0 radical (unpaired) electrons. The number of phenolic OH excluding ortho intramolecular Hbond substituents is 1. The van der Waals surface area contributed by atoms with E-state index in [4.69, 9.17) is 9.15 Å². The Morgan fingerprint density at radius 1 is 1.03 bits per heavy atom. The largest absolute Gasteiger partial charge is 0.504 e. The number of anilines is 1. The van der Waals surface area contributed by atoms with Crippen molar-refractivity contribution >= 4 is 22.7 Å². The number of hydrogen-bond acceptors (Lipinski definition) is 6. The van der Waals surface area contributed by atoms with Gasteiger partial charge in [0.15, 0.2) is 16.9 Å². The van der Waals surface area contributed by atoms with Crippen molar-refractivity contribution in [3.05, 3.63) is 92.5 Å². The van der Waals surface area contributed by atoms with E-state index in [2.05, 4.69) is 4.98 Å². The summed E-state index contributed by atoms with van der Waals surface area (Å²) in [6.45, 7) is 5.76. The van der Waals surface area contributed by atoms with Crippen molar-refractivity contribution in [1.29, 1.82) is 0 Å². The van der Waals surface area contributed by atoms with Crippen molar-refractivity contribution in [1.82, 2.24) is 4.98 Å². The highest BCUT2D eigenvalue weighted by Crippen LogP contribution is 2.42. The standard InChI is InChI=1S/C26H22N2O5/c1-13-5-8-21(27-12-13)28-23(16-6-7-18(29)20(11-16)32-4)22-24(30)17-9-14(2)15(3)10-19(17)33-25(22)26(28)31/h5-12,23,29H,1-4H3. The molecule has 0 spiro atoms. The van der Waals surface area contributed by atoms with Gasteiger partial charge in [-0.1, -0.05) is 12.1 Å². The molecule has 5 rings (SSSR count). The zero-order chi connectivity index (χ0) is 23.4. The third-order valence-corrected chi connectivity index (χ3v) is 6.15. The third-order valence-electron chi connectivity index (χ3n) is 6.15. The van der Waals surface area contributed by atoms with Gasteiger partial charge in [-0.25, -0.2) is 4.98 Å². The van der Waals surface area contributed by atoms with E-state index in [1.165, 1.54) is 18.1 Å². The number of benzene rings is 2. The summed E-state index contributed by atoms with van der Waals surface area (Å²) in [5, 5.41) is 10.5. The number of nitrogens with zero attached hydrogens (tertiary/aromatic N) is 2. The number of amides is 1. The Morgan fingerprint density at radius 2 is 1.79 bits per heavy atom. The Morgan fingerprint density at radius 3 is 2.48 bits per heavy atom. The molecule has 1 atom stereocenters. The maximum atomic E-state index is 13.7. The quantitative estimate of drug-likeness (QED) is 0.499. The molecule has 0 bridgehead atoms. The SMILES string of the molecule is COc1cc(C2c3c(oc4cc(C)c(C)cc4c3=O)C(=O)N2c2ccc(C)cn2)ccc1O. The number of pyridine rings is 1. The fourth-order valence-corrected chi connectivity index (χ4v) is 4.25. The van der Waals surface area contributed by atoms with Gasteiger partial charge in [-0.3, -0.25) is 14.5 Å². The summed E-state index contributed by atoms with van der Waals surface area (Å²) in [5.74, 6) is 0.139. The molecule has 33 heavy (non-hydrogen) atoms. The Kier molecular flexibility index (Phi) is 4.70. The molecule has 1 N–H and O–H groups in total. The van der Waals surface area contributed by atoms with Crippen molar-refractivity contribution in [3.63, 3.8) is 0 Å².